The first-order chi connectivity index (χ1) is 23.0. The highest BCUT2D eigenvalue weighted by atomic mass is 32.2. The van der Waals surface area contributed by atoms with Crippen LogP contribution in [-0.2, 0) is 21.9 Å². The van der Waals surface area contributed by atoms with E-state index in [-0.39, 0.29) is 23.5 Å². The number of nitrogens with one attached hydrogen (secondary N) is 2. The molecule has 2 aliphatic heterocycles. The van der Waals surface area contributed by atoms with Gasteiger partial charge in [-0.05, 0) is 86.2 Å². The molecule has 2 N–H and O–H groups in total. The molecule has 0 saturated carbocycles. The third kappa shape index (κ3) is 6.36. The fourth-order valence-electron chi connectivity index (χ4n) is 7.40. The lowest BCUT2D eigenvalue weighted by molar-refractivity contribution is 0.190. The van der Waals surface area contributed by atoms with Crippen molar-refractivity contribution in [2.24, 2.45) is 5.92 Å². The van der Waals surface area contributed by atoms with Crippen LogP contribution >= 0.6 is 0 Å². The normalized spacial score (nSPS) is 19.8. The highest BCUT2D eigenvalue weighted by molar-refractivity contribution is 7.89. The van der Waals surface area contributed by atoms with Gasteiger partial charge in [-0.15, -0.1) is 0 Å². The first kappa shape index (κ1) is 32.1. The number of hydrogen-bond acceptors (Lipinski definition) is 4. The smallest absolute Gasteiger partial charge is 0.308 e. The van der Waals surface area contributed by atoms with Crippen LogP contribution in [0.2, 0.25) is 0 Å². The topological polar surface area (TPSA) is 96.3 Å². The lowest BCUT2D eigenvalue weighted by Gasteiger charge is -2.38. The van der Waals surface area contributed by atoms with Crippen molar-refractivity contribution in [3.63, 3.8) is 0 Å². The molecule has 9 heteroatoms. The molecule has 3 heterocycles. The van der Waals surface area contributed by atoms with Crippen molar-refractivity contribution in [3.8, 4) is 5.69 Å². The predicted octanol–water partition coefficient (Wildman–Crippen LogP) is 8.45. The van der Waals surface area contributed by atoms with Crippen molar-refractivity contribution in [2.75, 3.05) is 10.6 Å². The Labute approximate surface area is 283 Å². The summed E-state index contributed by atoms with van der Waals surface area (Å²) in [6.07, 6.45) is 4.40. The lowest BCUT2D eigenvalue weighted by atomic mass is 9.87. The number of aryl methyl sites for hydroxylation is 1. The van der Waals surface area contributed by atoms with Crippen molar-refractivity contribution < 1.29 is 13.2 Å². The highest BCUT2D eigenvalue weighted by Gasteiger charge is 2.47. The molecular formula is C39H43N5O3S. The second kappa shape index (κ2) is 12.5. The fourth-order valence-corrected chi connectivity index (χ4v) is 9.51. The van der Waals surface area contributed by atoms with Gasteiger partial charge < -0.3 is 5.32 Å². The number of aromatic nitrogens is 2. The second-order valence-corrected chi connectivity index (χ2v) is 16.2. The molecule has 248 valence electrons. The maximum Gasteiger partial charge on any atom is 0.324 e. The van der Waals surface area contributed by atoms with Gasteiger partial charge in [-0.1, -0.05) is 87.0 Å². The van der Waals surface area contributed by atoms with Crippen molar-refractivity contribution in [2.45, 2.75) is 82.2 Å². The Morgan fingerprint density at radius 1 is 0.854 bits per heavy atom. The zero-order valence-corrected chi connectivity index (χ0v) is 28.8. The monoisotopic (exact) mass is 661 g/mol. The van der Waals surface area contributed by atoms with Gasteiger partial charge in [-0.2, -0.15) is 9.40 Å². The number of hydrogen-bond donors (Lipinski definition) is 2. The van der Waals surface area contributed by atoms with Gasteiger partial charge in [0.05, 0.1) is 16.3 Å². The SMILES string of the molecule is Cc1ccc(-n2nc(C(C)(C)C)cc2NC(=O)Nc2ccc(CC3CC4CCC(C3)N4S(=O)(=O)c3cccc4ccccc34)cc2)cc1. The summed E-state index contributed by atoms with van der Waals surface area (Å²) in [6.45, 7) is 8.34. The molecule has 1 aromatic heterocycles. The number of carbonyl (C=O) groups excluding carboxylic acids is 1. The van der Waals surface area contributed by atoms with Gasteiger partial charge in [0.25, 0.3) is 0 Å². The third-order valence-electron chi connectivity index (χ3n) is 9.80. The number of benzene rings is 4. The average Bonchev–Trinajstić information content (AvgIpc) is 3.61. The standard InChI is InChI=1S/C39H43N5O3S/c1-26-12-18-31(19-13-26)43-37(25-36(42-43)39(2,3)4)41-38(45)40-30-16-14-27(15-17-30)22-28-23-32-20-21-33(24-28)44(32)48(46,47)35-11-7-9-29-8-5-6-10-34(29)35/h5-19,25,28,32-33H,20-24H2,1-4H3,(H2,40,41,45). The van der Waals surface area contributed by atoms with E-state index in [2.05, 4.69) is 43.5 Å². The Balaban J connectivity index is 0.996. The van der Waals surface area contributed by atoms with Gasteiger partial charge in [0.2, 0.25) is 10.0 Å². The number of rotatable bonds is 7. The summed E-state index contributed by atoms with van der Waals surface area (Å²) in [4.78, 5) is 13.5. The van der Waals surface area contributed by atoms with Gasteiger partial charge in [-0.3, -0.25) is 5.32 Å². The molecule has 2 amide bonds. The van der Waals surface area contributed by atoms with Crippen LogP contribution < -0.4 is 10.6 Å². The Bertz CT molecular complexity index is 2040. The summed E-state index contributed by atoms with van der Waals surface area (Å²) in [6, 6.07) is 30.9. The molecule has 0 spiro atoms. The first-order valence-electron chi connectivity index (χ1n) is 16.8. The number of carbonyl (C=O) groups is 1. The Morgan fingerprint density at radius 2 is 1.52 bits per heavy atom. The van der Waals surface area contributed by atoms with Gasteiger partial charge in [0, 0.05) is 34.6 Å². The van der Waals surface area contributed by atoms with E-state index in [9.17, 15) is 13.2 Å². The number of urea groups is 1. The van der Waals surface area contributed by atoms with E-state index in [0.29, 0.717) is 22.3 Å². The largest absolute Gasteiger partial charge is 0.324 e. The molecule has 8 nitrogen and oxygen atoms in total. The number of piperidine rings is 1. The minimum atomic E-state index is -3.61. The summed E-state index contributed by atoms with van der Waals surface area (Å²) in [7, 11) is -3.61. The molecule has 2 atom stereocenters. The van der Waals surface area contributed by atoms with Crippen molar-refractivity contribution in [1.29, 1.82) is 0 Å². The van der Waals surface area contributed by atoms with Gasteiger partial charge in [0.15, 0.2) is 0 Å². The first-order valence-corrected chi connectivity index (χ1v) is 18.3. The molecule has 0 radical (unpaired) electrons. The molecule has 48 heavy (non-hydrogen) atoms. The van der Waals surface area contributed by atoms with Crippen molar-refractivity contribution >= 4 is 38.3 Å². The molecule has 2 bridgehead atoms. The van der Waals surface area contributed by atoms with E-state index in [1.807, 2.05) is 90.1 Å². The molecule has 7 rings (SSSR count). The molecule has 4 aromatic carbocycles. The number of sulfonamides is 1. The lowest BCUT2D eigenvalue weighted by Crippen LogP contribution is -2.46. The van der Waals surface area contributed by atoms with E-state index in [1.54, 1.807) is 10.7 Å². The zero-order valence-electron chi connectivity index (χ0n) is 28.0. The second-order valence-electron chi connectivity index (χ2n) is 14.4. The van der Waals surface area contributed by atoms with Crippen LogP contribution in [0.4, 0.5) is 16.3 Å². The fraction of sp³-hybridized carbons (Fsp3) is 0.333. The van der Waals surface area contributed by atoms with E-state index < -0.39 is 10.0 Å². The minimum Gasteiger partial charge on any atom is -0.308 e. The number of fused-ring (bicyclic) bond motifs is 3. The highest BCUT2D eigenvalue weighted by Crippen LogP contribution is 2.44. The molecule has 5 aromatic rings. The van der Waals surface area contributed by atoms with Gasteiger partial charge >= 0.3 is 6.03 Å². The number of amides is 2. The Morgan fingerprint density at radius 3 is 2.21 bits per heavy atom. The number of nitrogens with zero attached hydrogens (tertiary/aromatic N) is 3. The Kier molecular flexibility index (Phi) is 8.37. The molecule has 2 fully saturated rings. The van der Waals surface area contributed by atoms with Crippen LogP contribution in [0.5, 0.6) is 0 Å². The van der Waals surface area contributed by atoms with E-state index in [0.717, 1.165) is 59.8 Å². The third-order valence-corrected chi connectivity index (χ3v) is 11.9. The molecule has 2 unspecified atom stereocenters. The minimum absolute atomic E-state index is 0.0227. The van der Waals surface area contributed by atoms with Gasteiger partial charge in [0.1, 0.15) is 5.82 Å². The predicted molar refractivity (Wildman–Crippen MR) is 192 cm³/mol. The summed E-state index contributed by atoms with van der Waals surface area (Å²) in [5.74, 6) is 1.00. The van der Waals surface area contributed by atoms with Crippen LogP contribution in [0, 0.1) is 12.8 Å². The van der Waals surface area contributed by atoms with E-state index >= 15 is 0 Å². The number of anilines is 2. The van der Waals surface area contributed by atoms with Crippen LogP contribution in [0.15, 0.2) is 102 Å². The summed E-state index contributed by atoms with van der Waals surface area (Å²) < 4.78 is 31.6. The quantitative estimate of drug-likeness (QED) is 0.183. The van der Waals surface area contributed by atoms with Crippen LogP contribution in [-0.4, -0.2) is 40.6 Å². The summed E-state index contributed by atoms with van der Waals surface area (Å²) in [5, 5.41) is 12.5. The summed E-state index contributed by atoms with van der Waals surface area (Å²) >= 11 is 0. The Hall–Kier alpha value is -4.47. The maximum absolute atomic E-state index is 14.0. The summed E-state index contributed by atoms with van der Waals surface area (Å²) in [5.41, 5.74) is 4.61. The average molecular weight is 662 g/mol. The van der Waals surface area contributed by atoms with Crippen molar-refractivity contribution in [3.05, 3.63) is 114 Å². The van der Waals surface area contributed by atoms with Crippen LogP contribution in [0.3, 0.4) is 0 Å². The molecule has 2 saturated heterocycles. The van der Waals surface area contributed by atoms with E-state index in [4.69, 9.17) is 5.10 Å². The van der Waals surface area contributed by atoms with Crippen LogP contribution in [0.25, 0.3) is 16.5 Å². The molecule has 0 aliphatic carbocycles. The van der Waals surface area contributed by atoms with E-state index in [1.165, 1.54) is 5.56 Å². The molecule has 2 aliphatic rings. The molecular weight excluding hydrogens is 619 g/mol. The van der Waals surface area contributed by atoms with Crippen LogP contribution in [0.1, 0.15) is 63.3 Å². The van der Waals surface area contributed by atoms with Gasteiger partial charge in [-0.25, -0.2) is 17.9 Å². The zero-order chi connectivity index (χ0) is 33.6. The maximum atomic E-state index is 14.0. The van der Waals surface area contributed by atoms with Crippen molar-refractivity contribution in [1.82, 2.24) is 14.1 Å².